The Kier molecular flexibility index (Phi) is 4.77. The van der Waals surface area contributed by atoms with Gasteiger partial charge in [-0.3, -0.25) is 9.59 Å². The van der Waals surface area contributed by atoms with Crippen molar-refractivity contribution >= 4 is 23.2 Å². The highest BCUT2D eigenvalue weighted by Crippen LogP contribution is 2.48. The molecule has 1 saturated carbocycles. The van der Waals surface area contributed by atoms with Crippen molar-refractivity contribution in [2.24, 2.45) is 5.41 Å². The summed E-state index contributed by atoms with van der Waals surface area (Å²) in [5.74, 6) is -0.469. The molecule has 0 aromatic heterocycles. The van der Waals surface area contributed by atoms with E-state index < -0.39 is 5.41 Å². The van der Waals surface area contributed by atoms with Gasteiger partial charge in [0.25, 0.3) is 0 Å². The maximum absolute atomic E-state index is 13.1. The summed E-state index contributed by atoms with van der Waals surface area (Å²) in [6.45, 7) is 4.38. The highest BCUT2D eigenvalue weighted by atomic mass is 16.2. The monoisotopic (exact) mass is 347 g/mol. The Bertz CT molecular complexity index is 894. The van der Waals surface area contributed by atoms with Crippen LogP contribution in [0.5, 0.6) is 0 Å². The molecule has 3 rings (SSSR count). The van der Waals surface area contributed by atoms with Crippen molar-refractivity contribution in [3.8, 4) is 6.07 Å². The van der Waals surface area contributed by atoms with Crippen LogP contribution in [0.1, 0.15) is 30.9 Å². The van der Waals surface area contributed by atoms with Gasteiger partial charge in [-0.2, -0.15) is 5.26 Å². The van der Waals surface area contributed by atoms with Crippen LogP contribution in [0.15, 0.2) is 48.5 Å². The van der Waals surface area contributed by atoms with Gasteiger partial charge in [-0.25, -0.2) is 0 Å². The summed E-state index contributed by atoms with van der Waals surface area (Å²) in [5.41, 5.74) is 1.86. The van der Waals surface area contributed by atoms with Gasteiger partial charge in [0, 0.05) is 17.9 Å². The molecule has 2 amide bonds. The minimum absolute atomic E-state index is 0.167. The van der Waals surface area contributed by atoms with E-state index in [1.54, 1.807) is 29.2 Å². The maximum atomic E-state index is 13.1. The minimum atomic E-state index is -1.01. The summed E-state index contributed by atoms with van der Waals surface area (Å²) < 4.78 is 0. The number of nitrogens with one attached hydrogen (secondary N) is 1. The van der Waals surface area contributed by atoms with Gasteiger partial charge in [-0.1, -0.05) is 18.2 Å². The first-order chi connectivity index (χ1) is 12.5. The van der Waals surface area contributed by atoms with E-state index in [9.17, 15) is 9.59 Å². The van der Waals surface area contributed by atoms with Gasteiger partial charge >= 0.3 is 0 Å². The third-order valence-electron chi connectivity index (χ3n) is 4.72. The lowest BCUT2D eigenvalue weighted by Gasteiger charge is -2.26. The molecular formula is C21H21N3O2. The number of carbonyl (C=O) groups is 2. The number of rotatable bonds is 5. The quantitative estimate of drug-likeness (QED) is 0.839. The Balaban J connectivity index is 1.81. The number of benzene rings is 2. The summed E-state index contributed by atoms with van der Waals surface area (Å²) >= 11 is 0. The summed E-state index contributed by atoms with van der Waals surface area (Å²) in [6, 6.07) is 16.5. The predicted octanol–water partition coefficient (Wildman–Crippen LogP) is 3.64. The zero-order valence-corrected chi connectivity index (χ0v) is 15.0. The minimum Gasteiger partial charge on any atom is -0.325 e. The zero-order valence-electron chi connectivity index (χ0n) is 15.0. The molecule has 132 valence electrons. The number of nitrogens with zero attached hydrogens (tertiary/aromatic N) is 2. The summed E-state index contributed by atoms with van der Waals surface area (Å²) in [6.07, 6.45) is 1.08. The average molecular weight is 347 g/mol. The van der Waals surface area contributed by atoms with Crippen molar-refractivity contribution in [1.82, 2.24) is 0 Å². The topological polar surface area (TPSA) is 73.2 Å². The Morgan fingerprint density at radius 2 is 1.92 bits per heavy atom. The Labute approximate surface area is 153 Å². The second kappa shape index (κ2) is 7.01. The van der Waals surface area contributed by atoms with Crippen LogP contribution in [-0.4, -0.2) is 18.4 Å². The van der Waals surface area contributed by atoms with Crippen LogP contribution < -0.4 is 10.2 Å². The molecule has 0 bridgehead atoms. The van der Waals surface area contributed by atoms with E-state index in [4.69, 9.17) is 5.26 Å². The number of hydrogen-bond donors (Lipinski definition) is 1. The van der Waals surface area contributed by atoms with E-state index in [1.807, 2.05) is 44.2 Å². The molecule has 5 nitrogen and oxygen atoms in total. The molecule has 1 aliphatic rings. The molecule has 0 spiro atoms. The van der Waals surface area contributed by atoms with E-state index in [2.05, 4.69) is 5.32 Å². The normalized spacial score (nSPS) is 14.2. The van der Waals surface area contributed by atoms with Gasteiger partial charge < -0.3 is 10.2 Å². The lowest BCUT2D eigenvalue weighted by molar-refractivity contribution is -0.132. The smallest absolute Gasteiger partial charge is 0.242 e. The molecule has 0 radical (unpaired) electrons. The van der Waals surface area contributed by atoms with E-state index >= 15 is 0 Å². The Hall–Kier alpha value is -3.13. The van der Waals surface area contributed by atoms with E-state index in [0.717, 1.165) is 11.3 Å². The maximum Gasteiger partial charge on any atom is 0.242 e. The molecule has 26 heavy (non-hydrogen) atoms. The first-order valence-electron chi connectivity index (χ1n) is 8.70. The number of carbonyl (C=O) groups excluding carboxylic acids is 2. The van der Waals surface area contributed by atoms with Crippen LogP contribution in [0, 0.1) is 23.7 Å². The fourth-order valence-electron chi connectivity index (χ4n) is 3.08. The fraction of sp³-hybridized carbons (Fsp3) is 0.286. The van der Waals surface area contributed by atoms with E-state index in [0.29, 0.717) is 30.6 Å². The number of nitriles is 1. The Morgan fingerprint density at radius 3 is 2.54 bits per heavy atom. The summed E-state index contributed by atoms with van der Waals surface area (Å²) in [5, 5.41) is 11.8. The fourth-order valence-corrected chi connectivity index (χ4v) is 3.08. The van der Waals surface area contributed by atoms with Gasteiger partial charge in [0.05, 0.1) is 11.6 Å². The van der Waals surface area contributed by atoms with Gasteiger partial charge in [0.15, 0.2) is 0 Å². The molecule has 0 aliphatic heterocycles. The molecule has 5 heteroatoms. The van der Waals surface area contributed by atoms with Crippen molar-refractivity contribution < 1.29 is 9.59 Å². The third kappa shape index (κ3) is 3.31. The molecule has 2 aromatic carbocycles. The first kappa shape index (κ1) is 17.7. The second-order valence-corrected chi connectivity index (χ2v) is 6.62. The predicted molar refractivity (Wildman–Crippen MR) is 101 cm³/mol. The molecule has 2 aromatic rings. The lowest BCUT2D eigenvalue weighted by Crippen LogP contribution is -2.43. The number of hydrogen-bond acceptors (Lipinski definition) is 3. The highest BCUT2D eigenvalue weighted by Gasteiger charge is 2.58. The lowest BCUT2D eigenvalue weighted by atomic mass is 10.0. The Morgan fingerprint density at radius 1 is 1.19 bits per heavy atom. The average Bonchev–Trinajstić information content (AvgIpc) is 3.44. The first-order valence-corrected chi connectivity index (χ1v) is 8.70. The molecule has 0 saturated heterocycles. The number of anilines is 2. The van der Waals surface area contributed by atoms with Gasteiger partial charge in [0.2, 0.25) is 11.8 Å². The van der Waals surface area contributed by atoms with Crippen LogP contribution in [-0.2, 0) is 9.59 Å². The number of aryl methyl sites for hydroxylation is 1. The van der Waals surface area contributed by atoms with Crippen molar-refractivity contribution in [3.05, 3.63) is 59.7 Å². The molecule has 1 N–H and O–H groups in total. The standard InChI is InChI=1S/C21H21N3O2/c1-3-24(18-9-4-6-15(2)12-18)20(26)21(10-11-21)19(25)23-17-8-5-7-16(13-17)14-22/h4-9,12-13H,3,10-11H2,1-2H3,(H,23,25). The van der Waals surface area contributed by atoms with Crippen LogP contribution in [0.3, 0.4) is 0 Å². The van der Waals surface area contributed by atoms with Crippen LogP contribution in [0.2, 0.25) is 0 Å². The zero-order chi connectivity index (χ0) is 18.7. The molecular weight excluding hydrogens is 326 g/mol. The van der Waals surface area contributed by atoms with Crippen LogP contribution in [0.4, 0.5) is 11.4 Å². The molecule has 0 unspecified atom stereocenters. The van der Waals surface area contributed by atoms with Crippen LogP contribution in [0.25, 0.3) is 0 Å². The van der Waals surface area contributed by atoms with Crippen molar-refractivity contribution in [2.75, 3.05) is 16.8 Å². The van der Waals surface area contributed by atoms with Crippen molar-refractivity contribution in [2.45, 2.75) is 26.7 Å². The van der Waals surface area contributed by atoms with Crippen LogP contribution >= 0.6 is 0 Å². The second-order valence-electron chi connectivity index (χ2n) is 6.62. The van der Waals surface area contributed by atoms with E-state index in [1.165, 1.54) is 0 Å². The largest absolute Gasteiger partial charge is 0.325 e. The summed E-state index contributed by atoms with van der Waals surface area (Å²) in [4.78, 5) is 27.6. The van der Waals surface area contributed by atoms with Gasteiger partial charge in [-0.15, -0.1) is 0 Å². The molecule has 0 atom stereocenters. The highest BCUT2D eigenvalue weighted by molar-refractivity contribution is 6.17. The van der Waals surface area contributed by atoms with Gasteiger partial charge in [-0.05, 0) is 62.6 Å². The molecule has 0 heterocycles. The molecule has 1 aliphatic carbocycles. The summed E-state index contributed by atoms with van der Waals surface area (Å²) in [7, 11) is 0. The van der Waals surface area contributed by atoms with Crippen molar-refractivity contribution in [3.63, 3.8) is 0 Å². The van der Waals surface area contributed by atoms with E-state index in [-0.39, 0.29) is 11.8 Å². The molecule has 1 fully saturated rings. The van der Waals surface area contributed by atoms with Crippen molar-refractivity contribution in [1.29, 1.82) is 5.26 Å². The van der Waals surface area contributed by atoms with Gasteiger partial charge in [0.1, 0.15) is 5.41 Å². The number of amides is 2. The SMILES string of the molecule is CCN(C(=O)C1(C(=O)Nc2cccc(C#N)c2)CC1)c1cccc(C)c1. The third-order valence-corrected chi connectivity index (χ3v) is 4.72.